The second kappa shape index (κ2) is 10.0. The van der Waals surface area contributed by atoms with E-state index in [0.717, 1.165) is 41.7 Å². The number of benzene rings is 2. The van der Waals surface area contributed by atoms with E-state index in [2.05, 4.69) is 39.7 Å². The van der Waals surface area contributed by atoms with Gasteiger partial charge in [0.2, 0.25) is 0 Å². The van der Waals surface area contributed by atoms with Crippen molar-refractivity contribution in [3.8, 4) is 5.75 Å². The summed E-state index contributed by atoms with van der Waals surface area (Å²) in [6, 6.07) is 12.1. The van der Waals surface area contributed by atoms with E-state index in [4.69, 9.17) is 25.8 Å². The first-order valence-electron chi connectivity index (χ1n) is 11.4. The Morgan fingerprint density at radius 1 is 1.15 bits per heavy atom. The van der Waals surface area contributed by atoms with Crippen LogP contribution in [-0.4, -0.2) is 51.6 Å². The molecule has 2 aliphatic heterocycles. The summed E-state index contributed by atoms with van der Waals surface area (Å²) in [7, 11) is 0. The fraction of sp³-hybridized carbons (Fsp3) is 0.400. The van der Waals surface area contributed by atoms with E-state index in [1.165, 1.54) is 18.4 Å². The van der Waals surface area contributed by atoms with Crippen LogP contribution in [-0.2, 0) is 9.47 Å². The molecule has 0 spiro atoms. The predicted octanol–water partition coefficient (Wildman–Crippen LogP) is 4.27. The Labute approximate surface area is 199 Å². The van der Waals surface area contributed by atoms with Crippen LogP contribution in [0.1, 0.15) is 29.9 Å². The minimum absolute atomic E-state index is 0.0771. The van der Waals surface area contributed by atoms with E-state index >= 15 is 0 Å². The normalized spacial score (nSPS) is 20.0. The molecule has 1 aliphatic carbocycles. The summed E-state index contributed by atoms with van der Waals surface area (Å²) in [5, 5.41) is 10.5. The summed E-state index contributed by atoms with van der Waals surface area (Å²) < 4.78 is 17.0. The minimum atomic E-state index is -0.0771. The van der Waals surface area contributed by atoms with Crippen molar-refractivity contribution in [1.29, 1.82) is 0 Å². The zero-order valence-electron chi connectivity index (χ0n) is 18.5. The summed E-state index contributed by atoms with van der Waals surface area (Å²) in [4.78, 5) is 4.59. The molecule has 33 heavy (non-hydrogen) atoms. The highest BCUT2D eigenvalue weighted by atomic mass is 35.5. The van der Waals surface area contributed by atoms with Crippen molar-refractivity contribution in [3.63, 3.8) is 0 Å². The van der Waals surface area contributed by atoms with Gasteiger partial charge in [-0.25, -0.2) is 4.99 Å². The molecular formula is C25H29ClN4O3. The van der Waals surface area contributed by atoms with Gasteiger partial charge in [0.15, 0.2) is 5.96 Å². The first kappa shape index (κ1) is 22.1. The standard InChI is InChI=1S/C25H29ClN4O3/c1-16(29-25-27-9-10-28-25)18-7-8-21(20(13-18)17-5-6-17)30-22-3-2-4-23(24(22)26)33-15-19-14-31-11-12-32-19/h2-4,7-8,13,17,19,30H,1,5-6,9-12,14-15H2,(H2,27,28,29). The van der Waals surface area contributed by atoms with Crippen LogP contribution in [0.2, 0.25) is 5.02 Å². The summed E-state index contributed by atoms with van der Waals surface area (Å²) in [6.45, 7) is 8.09. The monoisotopic (exact) mass is 468 g/mol. The number of ether oxygens (including phenoxy) is 3. The van der Waals surface area contributed by atoms with Gasteiger partial charge in [0.1, 0.15) is 23.5 Å². The lowest BCUT2D eigenvalue weighted by molar-refractivity contribution is -0.101. The fourth-order valence-electron chi connectivity index (χ4n) is 3.97. The van der Waals surface area contributed by atoms with Crippen molar-refractivity contribution in [2.24, 2.45) is 4.99 Å². The summed E-state index contributed by atoms with van der Waals surface area (Å²) in [6.07, 6.45) is 2.29. The van der Waals surface area contributed by atoms with Crippen molar-refractivity contribution >= 4 is 34.6 Å². The van der Waals surface area contributed by atoms with Crippen LogP contribution in [0.5, 0.6) is 5.75 Å². The number of anilines is 2. The number of nitrogens with zero attached hydrogens (tertiary/aromatic N) is 1. The zero-order valence-corrected chi connectivity index (χ0v) is 19.3. The lowest BCUT2D eigenvalue weighted by Gasteiger charge is -2.23. The quantitative estimate of drug-likeness (QED) is 0.537. The molecule has 174 valence electrons. The SMILES string of the molecule is C=C(N=C1NCCN1)c1ccc(Nc2cccc(OCC3COCCO3)c2Cl)c(C2CC2)c1. The Bertz CT molecular complexity index is 1040. The Morgan fingerprint density at radius 2 is 2.00 bits per heavy atom. The molecule has 8 heteroatoms. The van der Waals surface area contributed by atoms with Crippen molar-refractivity contribution in [2.75, 3.05) is 44.8 Å². The smallest absolute Gasteiger partial charge is 0.196 e. The molecule has 2 saturated heterocycles. The lowest BCUT2D eigenvalue weighted by atomic mass is 10.0. The van der Waals surface area contributed by atoms with Crippen LogP contribution in [0.3, 0.4) is 0 Å². The van der Waals surface area contributed by atoms with Gasteiger partial charge in [-0.3, -0.25) is 0 Å². The third kappa shape index (κ3) is 5.43. The molecule has 5 rings (SSSR count). The fourth-order valence-corrected chi connectivity index (χ4v) is 4.20. The van der Waals surface area contributed by atoms with Crippen molar-refractivity contribution < 1.29 is 14.2 Å². The van der Waals surface area contributed by atoms with E-state index in [1.807, 2.05) is 24.3 Å². The van der Waals surface area contributed by atoms with Crippen LogP contribution < -0.4 is 20.7 Å². The number of nitrogens with one attached hydrogen (secondary N) is 3. The molecule has 2 aromatic carbocycles. The number of guanidine groups is 1. The van der Waals surface area contributed by atoms with Gasteiger partial charge in [0.25, 0.3) is 0 Å². The molecule has 1 saturated carbocycles. The summed E-state index contributed by atoms with van der Waals surface area (Å²) in [5.41, 5.74) is 4.87. The molecule has 0 aromatic heterocycles. The van der Waals surface area contributed by atoms with Gasteiger partial charge in [-0.15, -0.1) is 0 Å². The van der Waals surface area contributed by atoms with Gasteiger partial charge < -0.3 is 30.2 Å². The third-order valence-corrected chi connectivity index (χ3v) is 6.29. The number of halogens is 1. The van der Waals surface area contributed by atoms with Crippen molar-refractivity contribution in [2.45, 2.75) is 24.9 Å². The van der Waals surface area contributed by atoms with Gasteiger partial charge >= 0.3 is 0 Å². The van der Waals surface area contributed by atoms with Crippen LogP contribution in [0.4, 0.5) is 11.4 Å². The van der Waals surface area contributed by atoms with Gasteiger partial charge in [-0.05, 0) is 48.6 Å². The molecule has 2 heterocycles. The molecular weight excluding hydrogens is 440 g/mol. The highest BCUT2D eigenvalue weighted by molar-refractivity contribution is 6.34. The van der Waals surface area contributed by atoms with Crippen LogP contribution in [0, 0.1) is 0 Å². The van der Waals surface area contributed by atoms with Gasteiger partial charge in [0, 0.05) is 24.3 Å². The first-order chi connectivity index (χ1) is 16.2. The Morgan fingerprint density at radius 3 is 2.76 bits per heavy atom. The molecule has 3 fully saturated rings. The minimum Gasteiger partial charge on any atom is -0.489 e. The largest absolute Gasteiger partial charge is 0.489 e. The Hall–Kier alpha value is -2.74. The maximum absolute atomic E-state index is 6.70. The van der Waals surface area contributed by atoms with E-state index in [9.17, 15) is 0 Å². The highest BCUT2D eigenvalue weighted by Gasteiger charge is 2.27. The Kier molecular flexibility index (Phi) is 6.71. The molecule has 7 nitrogen and oxygen atoms in total. The molecule has 0 bridgehead atoms. The molecule has 3 aliphatic rings. The third-order valence-electron chi connectivity index (χ3n) is 5.90. The molecule has 3 N–H and O–H groups in total. The van der Waals surface area contributed by atoms with E-state index in [0.29, 0.717) is 43.1 Å². The molecule has 1 atom stereocenters. The van der Waals surface area contributed by atoms with Gasteiger partial charge in [0.05, 0.1) is 31.2 Å². The average molecular weight is 469 g/mol. The van der Waals surface area contributed by atoms with Crippen LogP contribution >= 0.6 is 11.6 Å². The Balaban J connectivity index is 1.32. The summed E-state index contributed by atoms with van der Waals surface area (Å²) in [5.74, 6) is 1.95. The van der Waals surface area contributed by atoms with Gasteiger partial charge in [-0.2, -0.15) is 0 Å². The average Bonchev–Trinajstić information content (AvgIpc) is 3.56. The van der Waals surface area contributed by atoms with E-state index in [1.54, 1.807) is 0 Å². The number of hydrogen-bond acceptors (Lipinski definition) is 5. The first-order valence-corrected chi connectivity index (χ1v) is 11.8. The zero-order chi connectivity index (χ0) is 22.6. The lowest BCUT2D eigenvalue weighted by Crippen LogP contribution is -2.33. The topological polar surface area (TPSA) is 76.1 Å². The number of aliphatic imine (C=N–C) groups is 1. The molecule has 0 amide bonds. The maximum atomic E-state index is 6.70. The van der Waals surface area contributed by atoms with Crippen molar-refractivity contribution in [3.05, 3.63) is 59.1 Å². The number of rotatable bonds is 8. The highest BCUT2D eigenvalue weighted by Crippen LogP contribution is 2.45. The predicted molar refractivity (Wildman–Crippen MR) is 132 cm³/mol. The van der Waals surface area contributed by atoms with E-state index < -0.39 is 0 Å². The molecule has 0 radical (unpaired) electrons. The molecule has 1 unspecified atom stereocenters. The van der Waals surface area contributed by atoms with Crippen LogP contribution in [0.15, 0.2) is 48.0 Å². The summed E-state index contributed by atoms with van der Waals surface area (Å²) >= 11 is 6.70. The number of hydrogen-bond donors (Lipinski definition) is 3. The van der Waals surface area contributed by atoms with E-state index in [-0.39, 0.29) is 6.10 Å². The second-order valence-electron chi connectivity index (χ2n) is 8.46. The van der Waals surface area contributed by atoms with Gasteiger partial charge in [-0.1, -0.05) is 30.3 Å². The molecule has 2 aromatic rings. The second-order valence-corrected chi connectivity index (χ2v) is 8.84. The van der Waals surface area contributed by atoms with Crippen molar-refractivity contribution in [1.82, 2.24) is 10.6 Å². The van der Waals surface area contributed by atoms with Crippen LogP contribution in [0.25, 0.3) is 5.70 Å². The maximum Gasteiger partial charge on any atom is 0.196 e.